The molecule has 0 saturated heterocycles. The Morgan fingerprint density at radius 2 is 1.92 bits per heavy atom. The number of nitrogens with one attached hydrogen (secondary N) is 1. The van der Waals surface area contributed by atoms with Crippen LogP contribution in [0.25, 0.3) is 0 Å². The summed E-state index contributed by atoms with van der Waals surface area (Å²) in [6, 6.07) is 12.6. The van der Waals surface area contributed by atoms with Crippen LogP contribution >= 0.6 is 0 Å². The predicted octanol–water partition coefficient (Wildman–Crippen LogP) is 3.19. The summed E-state index contributed by atoms with van der Waals surface area (Å²) in [5.74, 6) is 1.84. The van der Waals surface area contributed by atoms with Gasteiger partial charge in [-0.15, -0.1) is 0 Å². The van der Waals surface area contributed by atoms with Gasteiger partial charge in [0, 0.05) is 11.3 Å². The zero-order valence-electron chi connectivity index (χ0n) is 14.7. The van der Waals surface area contributed by atoms with Crippen molar-refractivity contribution in [3.05, 3.63) is 48.0 Å². The van der Waals surface area contributed by atoms with Gasteiger partial charge in [-0.05, 0) is 56.3 Å². The lowest BCUT2D eigenvalue weighted by molar-refractivity contribution is -0.120. The molecule has 136 valence electrons. The zero-order valence-corrected chi connectivity index (χ0v) is 14.7. The second kappa shape index (κ2) is 8.24. The number of carbonyl (C=O) groups excluding carboxylic acids is 1. The van der Waals surface area contributed by atoms with Gasteiger partial charge >= 0.3 is 0 Å². The molecule has 2 aromatic carbocycles. The molecule has 0 spiro atoms. The van der Waals surface area contributed by atoms with Crippen molar-refractivity contribution >= 4 is 17.3 Å². The molecule has 1 aliphatic rings. The van der Waals surface area contributed by atoms with Crippen LogP contribution in [0.15, 0.2) is 47.6 Å². The molecule has 0 unspecified atom stereocenters. The van der Waals surface area contributed by atoms with Crippen molar-refractivity contribution in [1.82, 2.24) is 0 Å². The molecule has 26 heavy (non-hydrogen) atoms. The molecule has 3 rings (SSSR count). The first-order valence-corrected chi connectivity index (χ1v) is 8.25. The molecule has 0 saturated carbocycles. The Labute approximate surface area is 151 Å². The summed E-state index contributed by atoms with van der Waals surface area (Å²) < 4.78 is 16.0. The van der Waals surface area contributed by atoms with E-state index in [9.17, 15) is 4.79 Å². The smallest absolute Gasteiger partial charge is 0.265 e. The Hall–Kier alpha value is -3.22. The van der Waals surface area contributed by atoms with Crippen LogP contribution in [0, 0.1) is 0 Å². The fourth-order valence-corrected chi connectivity index (χ4v) is 2.36. The molecule has 0 aromatic heterocycles. The van der Waals surface area contributed by atoms with Gasteiger partial charge in [-0.25, -0.2) is 0 Å². The molecule has 1 heterocycles. The maximum Gasteiger partial charge on any atom is 0.265 e. The van der Waals surface area contributed by atoms with Crippen molar-refractivity contribution in [3.8, 4) is 17.2 Å². The van der Waals surface area contributed by atoms with Crippen molar-refractivity contribution in [1.29, 1.82) is 0 Å². The van der Waals surface area contributed by atoms with E-state index in [1.807, 2.05) is 25.1 Å². The summed E-state index contributed by atoms with van der Waals surface area (Å²) in [5.41, 5.74) is 2.14. The molecule has 0 radical (unpaired) electrons. The highest BCUT2D eigenvalue weighted by molar-refractivity contribution is 5.99. The van der Waals surface area contributed by atoms with Gasteiger partial charge < -0.3 is 24.4 Å². The van der Waals surface area contributed by atoms with Crippen LogP contribution in [0.2, 0.25) is 0 Å². The molecule has 1 aliphatic heterocycles. The molecule has 0 fully saturated rings. The molecule has 2 aromatic rings. The number of oxime groups is 1. The first kappa shape index (κ1) is 17.6. The number of carbonyl (C=O) groups is 1. The van der Waals surface area contributed by atoms with E-state index in [0.29, 0.717) is 29.5 Å². The van der Waals surface area contributed by atoms with E-state index in [0.717, 1.165) is 11.3 Å². The summed E-state index contributed by atoms with van der Waals surface area (Å²) in [4.78, 5) is 17.1. The van der Waals surface area contributed by atoms with E-state index in [1.165, 1.54) is 0 Å². The second-order valence-electron chi connectivity index (χ2n) is 5.52. The van der Waals surface area contributed by atoms with Gasteiger partial charge in [0.1, 0.15) is 5.75 Å². The number of hydrogen-bond acceptors (Lipinski definition) is 6. The van der Waals surface area contributed by atoms with E-state index in [1.54, 1.807) is 31.2 Å². The fraction of sp³-hybridized carbons (Fsp3) is 0.263. The van der Waals surface area contributed by atoms with Gasteiger partial charge in [0.2, 0.25) is 6.79 Å². The largest absolute Gasteiger partial charge is 0.494 e. The minimum absolute atomic E-state index is 0.185. The summed E-state index contributed by atoms with van der Waals surface area (Å²) in [6.07, 6.45) is 0. The normalized spacial score (nSPS) is 12.6. The number of hydrogen-bond donors (Lipinski definition) is 1. The Morgan fingerprint density at radius 3 is 2.69 bits per heavy atom. The Balaban J connectivity index is 1.50. The van der Waals surface area contributed by atoms with Gasteiger partial charge in [0.15, 0.2) is 18.1 Å². The first-order valence-electron chi connectivity index (χ1n) is 8.25. The molecule has 0 bridgehead atoms. The Morgan fingerprint density at radius 1 is 1.15 bits per heavy atom. The molecule has 7 nitrogen and oxygen atoms in total. The van der Waals surface area contributed by atoms with E-state index in [-0.39, 0.29) is 19.3 Å². The molecule has 7 heteroatoms. The predicted molar refractivity (Wildman–Crippen MR) is 97.0 cm³/mol. The molecular weight excluding hydrogens is 336 g/mol. The summed E-state index contributed by atoms with van der Waals surface area (Å²) in [6.45, 7) is 4.34. The van der Waals surface area contributed by atoms with Crippen molar-refractivity contribution in [3.63, 3.8) is 0 Å². The monoisotopic (exact) mass is 356 g/mol. The van der Waals surface area contributed by atoms with Crippen LogP contribution in [-0.2, 0) is 9.63 Å². The lowest BCUT2D eigenvalue weighted by Gasteiger charge is -2.07. The quantitative estimate of drug-likeness (QED) is 0.609. The zero-order chi connectivity index (χ0) is 18.4. The highest BCUT2D eigenvalue weighted by atomic mass is 16.7. The molecule has 0 aliphatic carbocycles. The van der Waals surface area contributed by atoms with Crippen molar-refractivity contribution in [2.75, 3.05) is 25.3 Å². The lowest BCUT2D eigenvalue weighted by atomic mass is 10.1. The second-order valence-corrected chi connectivity index (χ2v) is 5.52. The van der Waals surface area contributed by atoms with Crippen LogP contribution < -0.4 is 19.5 Å². The van der Waals surface area contributed by atoms with Crippen LogP contribution in [0.5, 0.6) is 17.2 Å². The Bertz CT molecular complexity index is 802. The highest BCUT2D eigenvalue weighted by Gasteiger charge is 2.14. The number of fused-ring (bicyclic) bond motifs is 1. The third kappa shape index (κ3) is 4.44. The molecular formula is C19H20N2O5. The van der Waals surface area contributed by atoms with Crippen LogP contribution in [0.4, 0.5) is 5.69 Å². The SMILES string of the molecule is CCOc1ccc(NC(=O)CO/N=C(/C)c2ccc3c(c2)OCO3)cc1. The van der Waals surface area contributed by atoms with Crippen molar-refractivity contribution in [2.24, 2.45) is 5.16 Å². The van der Waals surface area contributed by atoms with Crippen LogP contribution in [0.1, 0.15) is 19.4 Å². The maximum absolute atomic E-state index is 11.9. The number of rotatable bonds is 7. The van der Waals surface area contributed by atoms with E-state index >= 15 is 0 Å². The van der Waals surface area contributed by atoms with Gasteiger partial charge in [-0.1, -0.05) is 5.16 Å². The summed E-state index contributed by atoms with van der Waals surface area (Å²) in [7, 11) is 0. The topological polar surface area (TPSA) is 78.4 Å². The molecule has 1 amide bonds. The average molecular weight is 356 g/mol. The number of anilines is 1. The van der Waals surface area contributed by atoms with E-state index in [2.05, 4.69) is 10.5 Å². The minimum Gasteiger partial charge on any atom is -0.494 e. The summed E-state index contributed by atoms with van der Waals surface area (Å²) >= 11 is 0. The van der Waals surface area contributed by atoms with E-state index < -0.39 is 0 Å². The Kier molecular flexibility index (Phi) is 5.58. The van der Waals surface area contributed by atoms with Crippen molar-refractivity contribution in [2.45, 2.75) is 13.8 Å². The third-order valence-electron chi connectivity index (χ3n) is 3.64. The van der Waals surface area contributed by atoms with Gasteiger partial charge in [0.25, 0.3) is 5.91 Å². The third-order valence-corrected chi connectivity index (χ3v) is 3.64. The van der Waals surface area contributed by atoms with Gasteiger partial charge in [-0.3, -0.25) is 4.79 Å². The van der Waals surface area contributed by atoms with Gasteiger partial charge in [0.05, 0.1) is 12.3 Å². The number of ether oxygens (including phenoxy) is 3. The average Bonchev–Trinajstić information content (AvgIpc) is 3.11. The molecule has 1 N–H and O–H groups in total. The highest BCUT2D eigenvalue weighted by Crippen LogP contribution is 2.32. The minimum atomic E-state index is -0.295. The number of amides is 1. The summed E-state index contributed by atoms with van der Waals surface area (Å²) in [5, 5.41) is 6.71. The van der Waals surface area contributed by atoms with Crippen LogP contribution in [-0.4, -0.2) is 31.6 Å². The fourth-order valence-electron chi connectivity index (χ4n) is 2.36. The molecule has 0 atom stereocenters. The van der Waals surface area contributed by atoms with Crippen molar-refractivity contribution < 1.29 is 23.8 Å². The number of benzene rings is 2. The van der Waals surface area contributed by atoms with Crippen LogP contribution in [0.3, 0.4) is 0 Å². The number of nitrogens with zero attached hydrogens (tertiary/aromatic N) is 1. The first-order chi connectivity index (χ1) is 12.7. The van der Waals surface area contributed by atoms with Gasteiger partial charge in [-0.2, -0.15) is 0 Å². The van der Waals surface area contributed by atoms with E-state index in [4.69, 9.17) is 19.0 Å². The standard InChI is InChI=1S/C19H20N2O5/c1-3-23-16-7-5-15(6-8-16)20-19(22)11-26-21-13(2)14-4-9-17-18(10-14)25-12-24-17/h4-10H,3,11-12H2,1-2H3,(H,20,22)/b21-13-. The maximum atomic E-state index is 11.9. The lowest BCUT2D eigenvalue weighted by Crippen LogP contribution is -2.17.